The molecule has 0 unspecified atom stereocenters. The summed E-state index contributed by atoms with van der Waals surface area (Å²) in [4.78, 5) is 20.7. The number of primary amides is 1. The van der Waals surface area contributed by atoms with Crippen molar-refractivity contribution in [3.05, 3.63) is 63.8 Å². The second kappa shape index (κ2) is 11.2. The second-order valence-electron chi connectivity index (χ2n) is 6.69. The van der Waals surface area contributed by atoms with Crippen LogP contribution in [0.5, 0.6) is 0 Å². The highest BCUT2D eigenvalue weighted by atomic mass is 79.9. The lowest BCUT2D eigenvalue weighted by atomic mass is 10.1. The Morgan fingerprint density at radius 1 is 1.03 bits per heavy atom. The van der Waals surface area contributed by atoms with Gasteiger partial charge in [-0.05, 0) is 72.2 Å². The summed E-state index contributed by atoms with van der Waals surface area (Å²) >= 11 is 3.40. The van der Waals surface area contributed by atoms with E-state index in [9.17, 15) is 13.2 Å². The van der Waals surface area contributed by atoms with Gasteiger partial charge < -0.3 is 16.4 Å². The van der Waals surface area contributed by atoms with Crippen molar-refractivity contribution >= 4 is 55.0 Å². The molecule has 0 aliphatic heterocycles. The molecule has 5 N–H and O–H groups in total. The molecule has 0 fully saturated rings. The minimum atomic E-state index is -3.53. The van der Waals surface area contributed by atoms with Crippen LogP contribution in [0.1, 0.15) is 35.3 Å². The number of nitrogens with one attached hydrogen (secondary N) is 3. The predicted octanol–water partition coefficient (Wildman–Crippen LogP) is 4.38. The van der Waals surface area contributed by atoms with Gasteiger partial charge in [0.1, 0.15) is 5.82 Å². The zero-order chi connectivity index (χ0) is 24.8. The molecule has 3 aromatic rings. The molecule has 2 aromatic carbocycles. The number of hydrogen-bond donors (Lipinski definition) is 4. The first-order chi connectivity index (χ1) is 15.6. The first kappa shape index (κ1) is 26.2. The largest absolute Gasteiger partial charge is 0.366 e. The maximum atomic E-state index is 12.0. The average molecular weight is 535 g/mol. The number of nitrogens with zero attached hydrogens (tertiary/aromatic N) is 2. The van der Waals surface area contributed by atoms with E-state index < -0.39 is 15.9 Å². The van der Waals surface area contributed by atoms with Crippen LogP contribution in [0.15, 0.2) is 52.0 Å². The molecule has 11 heteroatoms. The van der Waals surface area contributed by atoms with E-state index in [4.69, 9.17) is 5.73 Å². The number of sulfonamides is 1. The third kappa shape index (κ3) is 6.28. The third-order valence-electron chi connectivity index (χ3n) is 4.54. The quantitative estimate of drug-likeness (QED) is 0.352. The molecule has 0 bridgehead atoms. The van der Waals surface area contributed by atoms with Crippen molar-refractivity contribution < 1.29 is 13.2 Å². The van der Waals surface area contributed by atoms with Gasteiger partial charge in [0.15, 0.2) is 0 Å². The van der Waals surface area contributed by atoms with Gasteiger partial charge in [0.05, 0.1) is 20.6 Å². The van der Waals surface area contributed by atoms with Crippen molar-refractivity contribution in [1.82, 2.24) is 14.7 Å². The van der Waals surface area contributed by atoms with Gasteiger partial charge in [-0.2, -0.15) is 4.98 Å². The van der Waals surface area contributed by atoms with Crippen LogP contribution in [0.2, 0.25) is 0 Å². The van der Waals surface area contributed by atoms with E-state index in [0.29, 0.717) is 32.8 Å². The molecule has 0 aliphatic carbocycles. The Kier molecular flexibility index (Phi) is 8.91. The van der Waals surface area contributed by atoms with Gasteiger partial charge in [0.2, 0.25) is 16.0 Å². The van der Waals surface area contributed by atoms with Crippen LogP contribution < -0.4 is 21.1 Å². The summed E-state index contributed by atoms with van der Waals surface area (Å²) in [5, 5.41) is 6.20. The Hall–Kier alpha value is -3.02. The van der Waals surface area contributed by atoms with E-state index in [2.05, 4.69) is 41.3 Å². The van der Waals surface area contributed by atoms with E-state index in [0.717, 1.165) is 5.56 Å². The lowest BCUT2D eigenvalue weighted by Gasteiger charge is -2.14. The maximum Gasteiger partial charge on any atom is 0.251 e. The van der Waals surface area contributed by atoms with Crippen molar-refractivity contribution in [2.45, 2.75) is 32.6 Å². The lowest BCUT2D eigenvalue weighted by molar-refractivity contribution is 0.100. The summed E-state index contributed by atoms with van der Waals surface area (Å²) in [6.07, 6.45) is 1.56. The highest BCUT2D eigenvalue weighted by Crippen LogP contribution is 2.29. The van der Waals surface area contributed by atoms with E-state index in [-0.39, 0.29) is 10.8 Å². The van der Waals surface area contributed by atoms with Crippen molar-refractivity contribution in [3.8, 4) is 0 Å². The summed E-state index contributed by atoms with van der Waals surface area (Å²) in [5.74, 6) is 0.167. The van der Waals surface area contributed by atoms with Crippen LogP contribution in [-0.2, 0) is 10.0 Å². The molecular formula is C22H27BrN6O3S. The van der Waals surface area contributed by atoms with E-state index >= 15 is 0 Å². The van der Waals surface area contributed by atoms with Gasteiger partial charge in [0, 0.05) is 11.9 Å². The normalized spacial score (nSPS) is 10.7. The molecule has 1 amide bonds. The average Bonchev–Trinajstić information content (AvgIpc) is 2.78. The van der Waals surface area contributed by atoms with Crippen LogP contribution in [0.4, 0.5) is 23.1 Å². The monoisotopic (exact) mass is 534 g/mol. The molecule has 0 atom stereocenters. The van der Waals surface area contributed by atoms with E-state index in [1.54, 1.807) is 44.3 Å². The molecule has 33 heavy (non-hydrogen) atoms. The molecule has 0 saturated carbocycles. The van der Waals surface area contributed by atoms with Gasteiger partial charge in [-0.15, -0.1) is 0 Å². The number of halogens is 1. The number of carbonyl (C=O) groups excluding carboxylic acids is 1. The molecule has 1 aromatic heterocycles. The molecule has 1 heterocycles. The van der Waals surface area contributed by atoms with Crippen LogP contribution in [0, 0.1) is 13.8 Å². The summed E-state index contributed by atoms with van der Waals surface area (Å²) in [5.41, 5.74) is 8.52. The molecule has 176 valence electrons. The van der Waals surface area contributed by atoms with Crippen molar-refractivity contribution in [2.75, 3.05) is 17.7 Å². The number of nitrogens with two attached hydrogens (primary N) is 1. The molecule has 9 nitrogen and oxygen atoms in total. The first-order valence-electron chi connectivity index (χ1n) is 10.1. The van der Waals surface area contributed by atoms with Crippen molar-refractivity contribution in [2.24, 2.45) is 5.73 Å². The SMILES string of the molecule is CC.CNS(=O)(=O)c1ccc(Nc2ncc(Br)c(Nc3cccc(C)c3C(N)=O)n2)c(C)c1. The van der Waals surface area contributed by atoms with Crippen LogP contribution in [0.3, 0.4) is 0 Å². The number of carbonyl (C=O) groups is 1. The number of rotatable bonds is 7. The van der Waals surface area contributed by atoms with E-state index in [1.807, 2.05) is 19.9 Å². The first-order valence-corrected chi connectivity index (χ1v) is 12.4. The number of aryl methyl sites for hydroxylation is 2. The molecular weight excluding hydrogens is 508 g/mol. The van der Waals surface area contributed by atoms with Crippen molar-refractivity contribution in [3.63, 3.8) is 0 Å². The van der Waals surface area contributed by atoms with Crippen molar-refractivity contribution in [1.29, 1.82) is 0 Å². The Morgan fingerprint density at radius 3 is 2.33 bits per heavy atom. The maximum absolute atomic E-state index is 12.0. The molecule has 3 rings (SSSR count). The van der Waals surface area contributed by atoms with Gasteiger partial charge in [-0.25, -0.2) is 18.1 Å². The summed E-state index contributed by atoms with van der Waals surface area (Å²) in [6, 6.07) is 10.0. The van der Waals surface area contributed by atoms with E-state index in [1.165, 1.54) is 13.1 Å². The number of amides is 1. The Bertz CT molecular complexity index is 1260. The highest BCUT2D eigenvalue weighted by Gasteiger charge is 2.15. The molecule has 0 spiro atoms. The fraction of sp³-hybridized carbons (Fsp3) is 0.227. The summed E-state index contributed by atoms with van der Waals surface area (Å²) in [6.45, 7) is 7.58. The Balaban J connectivity index is 0.00000187. The smallest absolute Gasteiger partial charge is 0.251 e. The number of benzene rings is 2. The number of hydrogen-bond acceptors (Lipinski definition) is 7. The zero-order valence-corrected chi connectivity index (χ0v) is 21.4. The molecule has 0 aliphatic rings. The Labute approximate surface area is 202 Å². The number of aromatic nitrogens is 2. The lowest BCUT2D eigenvalue weighted by Crippen LogP contribution is -2.18. The number of anilines is 4. The molecule has 0 saturated heterocycles. The van der Waals surface area contributed by atoms with Crippen LogP contribution in [0.25, 0.3) is 0 Å². The predicted molar refractivity (Wildman–Crippen MR) is 135 cm³/mol. The van der Waals surface area contributed by atoms with Gasteiger partial charge >= 0.3 is 0 Å². The van der Waals surface area contributed by atoms with Gasteiger partial charge in [-0.3, -0.25) is 4.79 Å². The second-order valence-corrected chi connectivity index (χ2v) is 9.43. The minimum absolute atomic E-state index is 0.163. The fourth-order valence-electron chi connectivity index (χ4n) is 2.92. The fourth-order valence-corrected chi connectivity index (χ4v) is 4.03. The summed E-state index contributed by atoms with van der Waals surface area (Å²) in [7, 11) is -2.17. The van der Waals surface area contributed by atoms with Crippen LogP contribution in [-0.4, -0.2) is 31.3 Å². The Morgan fingerprint density at radius 2 is 1.73 bits per heavy atom. The van der Waals surface area contributed by atoms with Crippen LogP contribution >= 0.6 is 15.9 Å². The highest BCUT2D eigenvalue weighted by molar-refractivity contribution is 9.10. The standard InChI is InChI=1S/C20H21BrN6O3S.C2H6/c1-11-5-4-6-16(17(11)18(22)28)25-19-14(21)10-24-20(27-19)26-15-8-7-13(9-12(15)2)31(29,30)23-3;1-2/h4-10,23H,1-3H3,(H2,22,28)(H2,24,25,26,27);1-2H3. The molecule has 0 radical (unpaired) electrons. The third-order valence-corrected chi connectivity index (χ3v) is 6.53. The van der Waals surface area contributed by atoms with Gasteiger partial charge in [-0.1, -0.05) is 26.0 Å². The topological polar surface area (TPSA) is 139 Å². The van der Waals surface area contributed by atoms with Gasteiger partial charge in [0.25, 0.3) is 5.91 Å². The minimum Gasteiger partial charge on any atom is -0.366 e. The summed E-state index contributed by atoms with van der Waals surface area (Å²) < 4.78 is 26.8. The zero-order valence-electron chi connectivity index (χ0n) is 19.0.